The predicted octanol–water partition coefficient (Wildman–Crippen LogP) is 4.72. The van der Waals surface area contributed by atoms with Crippen LogP contribution in [0.15, 0.2) is 101 Å². The van der Waals surface area contributed by atoms with Gasteiger partial charge in [-0.15, -0.1) is 0 Å². The second kappa shape index (κ2) is 11.7. The monoisotopic (exact) mass is 494 g/mol. The molecule has 0 atom stereocenters. The van der Waals surface area contributed by atoms with Gasteiger partial charge in [0.25, 0.3) is 11.8 Å². The van der Waals surface area contributed by atoms with E-state index in [1.807, 2.05) is 36.4 Å². The van der Waals surface area contributed by atoms with E-state index in [9.17, 15) is 9.59 Å². The van der Waals surface area contributed by atoms with Gasteiger partial charge >= 0.3 is 0 Å². The van der Waals surface area contributed by atoms with Crippen LogP contribution in [0.3, 0.4) is 0 Å². The molecule has 0 fully saturated rings. The molecule has 2 aromatic heterocycles. The van der Waals surface area contributed by atoms with Crippen molar-refractivity contribution < 1.29 is 9.59 Å². The van der Waals surface area contributed by atoms with Gasteiger partial charge < -0.3 is 16.0 Å². The minimum Gasteiger partial charge on any atom is -0.355 e. The molecule has 0 bridgehead atoms. The first-order chi connectivity index (χ1) is 17.5. The summed E-state index contributed by atoms with van der Waals surface area (Å²) in [5.41, 5.74) is 2.56. The molecule has 0 spiro atoms. The second-order valence-corrected chi connectivity index (χ2v) is 8.55. The largest absolute Gasteiger partial charge is 0.355 e. The fourth-order valence-electron chi connectivity index (χ4n) is 3.27. The van der Waals surface area contributed by atoms with Crippen LogP contribution in [0, 0.1) is 5.41 Å². The van der Waals surface area contributed by atoms with E-state index in [4.69, 9.17) is 5.41 Å². The van der Waals surface area contributed by atoms with Gasteiger partial charge in [-0.1, -0.05) is 30.0 Å². The number of hydrogen-bond donors (Lipinski definition) is 3. The third-order valence-corrected chi connectivity index (χ3v) is 6.09. The normalized spacial score (nSPS) is 10.7. The Morgan fingerprint density at radius 2 is 1.75 bits per heavy atom. The van der Waals surface area contributed by atoms with Crippen LogP contribution in [0.4, 0.5) is 5.69 Å². The fourth-order valence-corrected chi connectivity index (χ4v) is 4.25. The molecular weight excluding hydrogens is 472 g/mol. The van der Waals surface area contributed by atoms with Crippen molar-refractivity contribution in [2.45, 2.75) is 9.79 Å². The molecule has 2 amide bonds. The highest BCUT2D eigenvalue weighted by Crippen LogP contribution is 2.33. The Kier molecular flexibility index (Phi) is 7.94. The zero-order chi connectivity index (χ0) is 25.3. The molecule has 0 unspecified atom stereocenters. The summed E-state index contributed by atoms with van der Waals surface area (Å²) in [7, 11) is 1.59. The zero-order valence-electron chi connectivity index (χ0n) is 19.3. The molecule has 9 heteroatoms. The maximum Gasteiger partial charge on any atom is 0.275 e. The minimum atomic E-state index is -0.446. The van der Waals surface area contributed by atoms with E-state index in [0.717, 1.165) is 9.79 Å². The maximum atomic E-state index is 12.8. The van der Waals surface area contributed by atoms with Crippen LogP contribution in [0.5, 0.6) is 0 Å². The first kappa shape index (κ1) is 24.5. The van der Waals surface area contributed by atoms with Gasteiger partial charge in [0.05, 0.1) is 28.9 Å². The Morgan fingerprint density at radius 1 is 0.917 bits per heavy atom. The Morgan fingerprint density at radius 3 is 2.50 bits per heavy atom. The maximum absolute atomic E-state index is 12.8. The Bertz CT molecular complexity index is 1420. The van der Waals surface area contributed by atoms with Gasteiger partial charge in [0, 0.05) is 41.0 Å². The summed E-state index contributed by atoms with van der Waals surface area (Å²) in [6, 6.07) is 18.2. The van der Waals surface area contributed by atoms with Crippen LogP contribution in [0.1, 0.15) is 32.1 Å². The first-order valence-electron chi connectivity index (χ1n) is 10.9. The van der Waals surface area contributed by atoms with E-state index < -0.39 is 5.91 Å². The second-order valence-electron chi connectivity index (χ2n) is 7.43. The lowest BCUT2D eigenvalue weighted by Gasteiger charge is -2.13. The van der Waals surface area contributed by atoms with E-state index >= 15 is 0 Å². The van der Waals surface area contributed by atoms with Crippen molar-refractivity contribution in [3.63, 3.8) is 0 Å². The Labute approximate surface area is 212 Å². The van der Waals surface area contributed by atoms with Crippen LogP contribution < -0.4 is 10.6 Å². The van der Waals surface area contributed by atoms with E-state index in [2.05, 4.69) is 25.6 Å². The molecule has 4 aromatic rings. The summed E-state index contributed by atoms with van der Waals surface area (Å²) in [4.78, 5) is 38.9. The van der Waals surface area contributed by atoms with E-state index in [0.29, 0.717) is 22.5 Å². The number of hydrogen-bond acceptors (Lipinski definition) is 7. The third kappa shape index (κ3) is 6.08. The number of allylic oxidation sites excluding steroid dienone is 1. The zero-order valence-corrected chi connectivity index (χ0v) is 20.1. The highest BCUT2D eigenvalue weighted by atomic mass is 32.2. The number of nitrogens with zero attached hydrogens (tertiary/aromatic N) is 3. The standard InChI is InChI=1S/C27H22N6O2S/c1-29-26(34)21-7-2-3-8-25(21)36-19-10-11-20(22(28)12-9-18-6-4-5-13-31-18)23(16-19)33-27(35)24-17-30-14-15-32-24/h2-17,28H,1H3,(H,29,34)(H,33,35)/b12-9+,28-22?. The number of carbonyl (C=O) groups excluding carboxylic acids is 2. The van der Waals surface area contributed by atoms with Crippen molar-refractivity contribution in [1.29, 1.82) is 5.41 Å². The molecule has 4 rings (SSSR count). The van der Waals surface area contributed by atoms with Gasteiger partial charge in [-0.3, -0.25) is 19.6 Å². The van der Waals surface area contributed by atoms with Crippen LogP contribution in [0.2, 0.25) is 0 Å². The molecule has 178 valence electrons. The fraction of sp³-hybridized carbons (Fsp3) is 0.0370. The minimum absolute atomic E-state index is 0.155. The molecule has 0 aliphatic carbocycles. The summed E-state index contributed by atoms with van der Waals surface area (Å²) >= 11 is 1.39. The van der Waals surface area contributed by atoms with Gasteiger partial charge in [-0.25, -0.2) is 4.98 Å². The quantitative estimate of drug-likeness (QED) is 0.305. The van der Waals surface area contributed by atoms with Crippen LogP contribution >= 0.6 is 11.8 Å². The smallest absolute Gasteiger partial charge is 0.275 e. The van der Waals surface area contributed by atoms with Crippen molar-refractivity contribution in [2.75, 3.05) is 12.4 Å². The topological polar surface area (TPSA) is 121 Å². The van der Waals surface area contributed by atoms with Crippen LogP contribution in [-0.2, 0) is 0 Å². The third-order valence-electron chi connectivity index (χ3n) is 5.02. The van der Waals surface area contributed by atoms with Crippen molar-refractivity contribution in [3.05, 3.63) is 114 Å². The van der Waals surface area contributed by atoms with Gasteiger partial charge in [0.2, 0.25) is 0 Å². The van der Waals surface area contributed by atoms with Gasteiger partial charge in [-0.05, 0) is 54.6 Å². The lowest BCUT2D eigenvalue weighted by molar-refractivity contribution is 0.0959. The number of nitrogens with one attached hydrogen (secondary N) is 3. The molecule has 8 nitrogen and oxygen atoms in total. The molecule has 0 saturated heterocycles. The lowest BCUT2D eigenvalue weighted by atomic mass is 10.1. The Balaban J connectivity index is 1.67. The average Bonchev–Trinajstić information content (AvgIpc) is 2.93. The molecule has 0 radical (unpaired) electrons. The summed E-state index contributed by atoms with van der Waals surface area (Å²) in [6.07, 6.45) is 9.34. The molecule has 2 heterocycles. The number of pyridine rings is 1. The molecule has 0 aliphatic rings. The Hall–Kier alpha value is -4.63. The number of benzene rings is 2. The van der Waals surface area contributed by atoms with Gasteiger partial charge in [0.1, 0.15) is 5.69 Å². The van der Waals surface area contributed by atoms with Crippen molar-refractivity contribution in [3.8, 4) is 0 Å². The highest BCUT2D eigenvalue weighted by molar-refractivity contribution is 7.99. The number of amides is 2. The SMILES string of the molecule is CNC(=O)c1ccccc1Sc1ccc(C(=N)/C=C/c2ccccn2)c(NC(=O)c2cnccn2)c1. The average molecular weight is 495 g/mol. The number of aromatic nitrogens is 3. The van der Waals surface area contributed by atoms with Crippen molar-refractivity contribution >= 4 is 41.1 Å². The summed E-state index contributed by atoms with van der Waals surface area (Å²) in [5.74, 6) is -0.633. The summed E-state index contributed by atoms with van der Waals surface area (Å²) in [5, 5.41) is 14.1. The molecule has 0 aliphatic heterocycles. The number of anilines is 1. The van der Waals surface area contributed by atoms with Crippen LogP contribution in [0.25, 0.3) is 6.08 Å². The van der Waals surface area contributed by atoms with E-state index in [1.165, 1.54) is 30.4 Å². The van der Waals surface area contributed by atoms with Gasteiger partial charge in [0.15, 0.2) is 0 Å². The number of rotatable bonds is 8. The molecule has 0 saturated carbocycles. The van der Waals surface area contributed by atoms with E-state index in [-0.39, 0.29) is 17.3 Å². The molecular formula is C27H22N6O2S. The molecule has 3 N–H and O–H groups in total. The molecule has 2 aromatic carbocycles. The van der Waals surface area contributed by atoms with Crippen LogP contribution in [-0.4, -0.2) is 39.5 Å². The highest BCUT2D eigenvalue weighted by Gasteiger charge is 2.15. The van der Waals surface area contributed by atoms with Crippen molar-refractivity contribution in [1.82, 2.24) is 20.3 Å². The predicted molar refractivity (Wildman–Crippen MR) is 140 cm³/mol. The first-order valence-corrected chi connectivity index (χ1v) is 11.7. The molecule has 36 heavy (non-hydrogen) atoms. The summed E-state index contributed by atoms with van der Waals surface area (Å²) in [6.45, 7) is 0. The van der Waals surface area contributed by atoms with E-state index in [1.54, 1.807) is 49.7 Å². The lowest BCUT2D eigenvalue weighted by Crippen LogP contribution is -2.18. The van der Waals surface area contributed by atoms with Crippen molar-refractivity contribution in [2.24, 2.45) is 0 Å². The van der Waals surface area contributed by atoms with Gasteiger partial charge in [-0.2, -0.15) is 0 Å². The summed E-state index contributed by atoms with van der Waals surface area (Å²) < 4.78 is 0. The number of carbonyl (C=O) groups is 2.